The van der Waals surface area contributed by atoms with Crippen LogP contribution in [0.4, 0.5) is 5.13 Å². The van der Waals surface area contributed by atoms with Gasteiger partial charge in [0.15, 0.2) is 5.13 Å². The number of ether oxygens (including phenoxy) is 2. The van der Waals surface area contributed by atoms with Gasteiger partial charge in [0.2, 0.25) is 0 Å². The number of rotatable bonds is 5. The number of carbonyl (C=O) groups is 1. The lowest BCUT2D eigenvalue weighted by atomic mass is 10.2. The summed E-state index contributed by atoms with van der Waals surface area (Å²) in [6.07, 6.45) is 0. The van der Waals surface area contributed by atoms with E-state index < -0.39 is 0 Å². The minimum atomic E-state index is -0.209. The van der Waals surface area contributed by atoms with Crippen LogP contribution in [0.25, 0.3) is 11.3 Å². The normalized spacial score (nSPS) is 10.4. The smallest absolute Gasteiger partial charge is 0.257 e. The van der Waals surface area contributed by atoms with Crippen molar-refractivity contribution in [3.8, 4) is 22.8 Å². The van der Waals surface area contributed by atoms with Crippen LogP contribution in [0, 0.1) is 0 Å². The predicted molar refractivity (Wildman–Crippen MR) is 103 cm³/mol. The third-order valence-corrected chi connectivity index (χ3v) is 4.90. The number of nitrogens with zero attached hydrogens (tertiary/aromatic N) is 1. The highest BCUT2D eigenvalue weighted by atomic mass is 79.9. The summed E-state index contributed by atoms with van der Waals surface area (Å²) in [5.41, 5.74) is 2.27. The monoisotopic (exact) mass is 418 g/mol. The van der Waals surface area contributed by atoms with Crippen molar-refractivity contribution >= 4 is 38.3 Å². The number of carbonyl (C=O) groups excluding carboxylic acids is 1. The molecule has 0 aliphatic carbocycles. The van der Waals surface area contributed by atoms with Crippen LogP contribution in [-0.4, -0.2) is 25.1 Å². The fourth-order valence-electron chi connectivity index (χ4n) is 2.20. The van der Waals surface area contributed by atoms with Gasteiger partial charge in [-0.15, -0.1) is 11.3 Å². The van der Waals surface area contributed by atoms with Gasteiger partial charge in [0, 0.05) is 16.5 Å². The molecule has 7 heteroatoms. The summed E-state index contributed by atoms with van der Waals surface area (Å²) in [6, 6.07) is 12.6. The van der Waals surface area contributed by atoms with Crippen LogP contribution in [0.5, 0.6) is 11.5 Å². The average Bonchev–Trinajstić information content (AvgIpc) is 3.10. The summed E-state index contributed by atoms with van der Waals surface area (Å²) < 4.78 is 11.2. The lowest BCUT2D eigenvalue weighted by Crippen LogP contribution is -2.11. The first-order valence-electron chi connectivity index (χ1n) is 7.35. The maximum Gasteiger partial charge on any atom is 0.257 e. The Kier molecular flexibility index (Phi) is 5.35. The molecule has 0 fully saturated rings. The Hall–Kier alpha value is -2.38. The van der Waals surface area contributed by atoms with E-state index in [9.17, 15) is 4.79 Å². The molecule has 0 aliphatic rings. The van der Waals surface area contributed by atoms with Gasteiger partial charge in [0.25, 0.3) is 5.91 Å². The fraction of sp³-hybridized carbons (Fsp3) is 0.111. The molecule has 128 valence electrons. The molecule has 0 bridgehead atoms. The highest BCUT2D eigenvalue weighted by Crippen LogP contribution is 2.32. The quantitative estimate of drug-likeness (QED) is 0.643. The Labute approximate surface area is 157 Å². The molecule has 0 atom stereocenters. The Morgan fingerprint density at radius 1 is 1.12 bits per heavy atom. The fourth-order valence-corrected chi connectivity index (χ4v) is 3.46. The summed E-state index contributed by atoms with van der Waals surface area (Å²) in [5.74, 6) is 1.25. The van der Waals surface area contributed by atoms with E-state index in [0.717, 1.165) is 21.5 Å². The molecule has 1 heterocycles. The van der Waals surface area contributed by atoms with Gasteiger partial charge in [0.1, 0.15) is 11.5 Å². The molecule has 0 aliphatic heterocycles. The molecule has 0 saturated carbocycles. The van der Waals surface area contributed by atoms with E-state index in [0.29, 0.717) is 16.4 Å². The summed E-state index contributed by atoms with van der Waals surface area (Å²) in [7, 11) is 3.21. The van der Waals surface area contributed by atoms with Gasteiger partial charge in [-0.1, -0.05) is 0 Å². The molecule has 3 rings (SSSR count). The van der Waals surface area contributed by atoms with E-state index in [2.05, 4.69) is 26.2 Å². The number of nitrogens with one attached hydrogen (secondary N) is 1. The zero-order chi connectivity index (χ0) is 17.8. The van der Waals surface area contributed by atoms with Gasteiger partial charge in [0.05, 0.1) is 24.4 Å². The number of aromatic nitrogens is 1. The minimum Gasteiger partial charge on any atom is -0.497 e. The zero-order valence-corrected chi connectivity index (χ0v) is 16.0. The molecule has 0 unspecified atom stereocenters. The van der Waals surface area contributed by atoms with Crippen molar-refractivity contribution in [3.63, 3.8) is 0 Å². The molecule has 25 heavy (non-hydrogen) atoms. The second-order valence-electron chi connectivity index (χ2n) is 5.07. The van der Waals surface area contributed by atoms with Crippen molar-refractivity contribution < 1.29 is 14.3 Å². The zero-order valence-electron chi connectivity index (χ0n) is 13.6. The number of amides is 1. The summed E-state index contributed by atoms with van der Waals surface area (Å²) >= 11 is 4.84. The third kappa shape index (κ3) is 4.00. The molecule has 1 aromatic heterocycles. The van der Waals surface area contributed by atoms with Crippen LogP contribution >= 0.6 is 27.3 Å². The van der Waals surface area contributed by atoms with Crippen LogP contribution in [-0.2, 0) is 0 Å². The van der Waals surface area contributed by atoms with Crippen LogP contribution in [0.3, 0.4) is 0 Å². The van der Waals surface area contributed by atoms with E-state index in [-0.39, 0.29) is 5.91 Å². The standard InChI is InChI=1S/C18H15BrN2O3S/c1-23-13-6-3-11(4-7-13)17(22)21-18-20-15(10-25-18)12-5-8-16(24-2)14(19)9-12/h3-10H,1-2H3,(H,20,21,22). The Morgan fingerprint density at radius 2 is 1.88 bits per heavy atom. The van der Waals surface area contributed by atoms with E-state index in [4.69, 9.17) is 9.47 Å². The molecule has 0 saturated heterocycles. The molecular weight excluding hydrogens is 404 g/mol. The van der Waals surface area contributed by atoms with Crippen molar-refractivity contribution in [2.75, 3.05) is 19.5 Å². The van der Waals surface area contributed by atoms with E-state index >= 15 is 0 Å². The SMILES string of the molecule is COc1ccc(C(=O)Nc2nc(-c3ccc(OC)c(Br)c3)cs2)cc1. The molecule has 1 amide bonds. The second kappa shape index (κ2) is 7.67. The van der Waals surface area contributed by atoms with Crippen molar-refractivity contribution in [2.45, 2.75) is 0 Å². The van der Waals surface area contributed by atoms with E-state index in [1.165, 1.54) is 11.3 Å². The molecule has 2 aromatic carbocycles. The predicted octanol–water partition coefficient (Wildman–Crippen LogP) is 4.84. The molecular formula is C18H15BrN2O3S. The first kappa shape index (κ1) is 17.4. The summed E-state index contributed by atoms with van der Waals surface area (Å²) in [5, 5.41) is 5.26. The molecule has 5 nitrogen and oxygen atoms in total. The highest BCUT2D eigenvalue weighted by molar-refractivity contribution is 9.10. The Bertz CT molecular complexity index is 894. The van der Waals surface area contributed by atoms with Crippen molar-refractivity contribution in [3.05, 3.63) is 57.9 Å². The molecule has 0 radical (unpaired) electrons. The third-order valence-electron chi connectivity index (χ3n) is 3.52. The van der Waals surface area contributed by atoms with Crippen LogP contribution in [0.2, 0.25) is 0 Å². The largest absolute Gasteiger partial charge is 0.497 e. The lowest BCUT2D eigenvalue weighted by molar-refractivity contribution is 0.102. The highest BCUT2D eigenvalue weighted by Gasteiger charge is 2.11. The number of hydrogen-bond acceptors (Lipinski definition) is 5. The Morgan fingerprint density at radius 3 is 2.52 bits per heavy atom. The first-order valence-corrected chi connectivity index (χ1v) is 9.03. The number of benzene rings is 2. The first-order chi connectivity index (χ1) is 12.1. The van der Waals surface area contributed by atoms with Gasteiger partial charge in [-0.05, 0) is 58.4 Å². The maximum atomic E-state index is 12.3. The van der Waals surface area contributed by atoms with Crippen LogP contribution in [0.1, 0.15) is 10.4 Å². The van der Waals surface area contributed by atoms with E-state index in [1.807, 2.05) is 23.6 Å². The Balaban J connectivity index is 1.74. The molecule has 0 spiro atoms. The number of halogens is 1. The summed E-state index contributed by atoms with van der Waals surface area (Å²) in [4.78, 5) is 16.8. The number of hydrogen-bond donors (Lipinski definition) is 1. The number of anilines is 1. The number of thiazole rings is 1. The van der Waals surface area contributed by atoms with E-state index in [1.54, 1.807) is 38.5 Å². The van der Waals surface area contributed by atoms with Gasteiger partial charge in [-0.2, -0.15) is 0 Å². The van der Waals surface area contributed by atoms with Crippen molar-refractivity contribution in [1.82, 2.24) is 4.98 Å². The number of methoxy groups -OCH3 is 2. The van der Waals surface area contributed by atoms with Crippen molar-refractivity contribution in [1.29, 1.82) is 0 Å². The van der Waals surface area contributed by atoms with Gasteiger partial charge >= 0.3 is 0 Å². The van der Waals surface area contributed by atoms with Gasteiger partial charge in [-0.3, -0.25) is 10.1 Å². The second-order valence-corrected chi connectivity index (χ2v) is 6.78. The minimum absolute atomic E-state index is 0.209. The maximum absolute atomic E-state index is 12.3. The lowest BCUT2D eigenvalue weighted by Gasteiger charge is -2.05. The van der Waals surface area contributed by atoms with Gasteiger partial charge in [-0.25, -0.2) is 4.98 Å². The van der Waals surface area contributed by atoms with Crippen LogP contribution < -0.4 is 14.8 Å². The van der Waals surface area contributed by atoms with Crippen LogP contribution in [0.15, 0.2) is 52.3 Å². The summed E-state index contributed by atoms with van der Waals surface area (Å²) in [6.45, 7) is 0. The average molecular weight is 419 g/mol. The topological polar surface area (TPSA) is 60.5 Å². The van der Waals surface area contributed by atoms with Gasteiger partial charge < -0.3 is 9.47 Å². The molecule has 3 aromatic rings. The molecule has 1 N–H and O–H groups in total. The van der Waals surface area contributed by atoms with Crippen molar-refractivity contribution in [2.24, 2.45) is 0 Å².